The Balaban J connectivity index is 1.63. The molecule has 2 heterocycles. The summed E-state index contributed by atoms with van der Waals surface area (Å²) in [6.45, 7) is 7.33. The molecule has 0 radical (unpaired) electrons. The second-order valence-electron chi connectivity index (χ2n) is 8.16. The monoisotopic (exact) mass is 371 g/mol. The predicted octanol–water partition coefficient (Wildman–Crippen LogP) is 1.09. The first-order valence-electron chi connectivity index (χ1n) is 9.42. The van der Waals surface area contributed by atoms with Crippen LogP contribution in [0.15, 0.2) is 23.5 Å². The standard InChI is InChI=1S/C19H25N5O3/c1-4-11(2)17-22-23(10-16(25)20-13-8-19(3,27)9-13)18(26)15-7-14(12-5-6-12)21-24(15)17/h4,7,11-13,27H,1,5-6,8-10H2,2-3H3,(H,20,25). The third-order valence-corrected chi connectivity index (χ3v) is 5.41. The molecular weight excluding hydrogens is 346 g/mol. The molecule has 2 aliphatic carbocycles. The Morgan fingerprint density at radius 3 is 2.78 bits per heavy atom. The fourth-order valence-electron chi connectivity index (χ4n) is 3.66. The number of nitrogens with zero attached hydrogens (tertiary/aromatic N) is 4. The molecule has 0 bridgehead atoms. The number of aliphatic hydroxyl groups is 1. The van der Waals surface area contributed by atoms with Gasteiger partial charge in [0.1, 0.15) is 12.1 Å². The second-order valence-corrected chi connectivity index (χ2v) is 8.16. The number of amides is 1. The number of allylic oxidation sites excluding steroid dienone is 1. The molecule has 1 amide bonds. The van der Waals surface area contributed by atoms with Gasteiger partial charge >= 0.3 is 0 Å². The number of hydrogen-bond acceptors (Lipinski definition) is 5. The first-order chi connectivity index (χ1) is 12.8. The lowest BCUT2D eigenvalue weighted by atomic mass is 9.77. The minimum Gasteiger partial charge on any atom is -0.390 e. The van der Waals surface area contributed by atoms with Crippen LogP contribution < -0.4 is 10.9 Å². The topological polar surface area (TPSA) is 102 Å². The number of aromatic nitrogens is 4. The van der Waals surface area contributed by atoms with Crippen molar-refractivity contribution in [3.8, 4) is 0 Å². The highest BCUT2D eigenvalue weighted by Crippen LogP contribution is 2.39. The number of carbonyl (C=O) groups excluding carboxylic acids is 1. The van der Waals surface area contributed by atoms with Crippen molar-refractivity contribution in [2.24, 2.45) is 0 Å². The molecule has 8 nitrogen and oxygen atoms in total. The summed E-state index contributed by atoms with van der Waals surface area (Å²) in [5.41, 5.74) is 0.306. The number of carbonyl (C=O) groups is 1. The van der Waals surface area contributed by atoms with E-state index in [1.807, 2.05) is 13.0 Å². The summed E-state index contributed by atoms with van der Waals surface area (Å²) in [5.74, 6) is 0.606. The fourth-order valence-corrected chi connectivity index (χ4v) is 3.66. The lowest BCUT2D eigenvalue weighted by molar-refractivity contribution is -0.125. The van der Waals surface area contributed by atoms with Gasteiger partial charge in [-0.05, 0) is 38.7 Å². The van der Waals surface area contributed by atoms with E-state index >= 15 is 0 Å². The average Bonchev–Trinajstić information content (AvgIpc) is 3.34. The summed E-state index contributed by atoms with van der Waals surface area (Å²) >= 11 is 0. The maximum atomic E-state index is 12.8. The van der Waals surface area contributed by atoms with E-state index in [0.29, 0.717) is 30.1 Å². The van der Waals surface area contributed by atoms with E-state index in [4.69, 9.17) is 0 Å². The third kappa shape index (κ3) is 3.41. The normalized spacial score (nSPS) is 25.8. The smallest absolute Gasteiger partial charge is 0.293 e. The quantitative estimate of drug-likeness (QED) is 0.740. The predicted molar refractivity (Wildman–Crippen MR) is 99.6 cm³/mol. The summed E-state index contributed by atoms with van der Waals surface area (Å²) in [7, 11) is 0. The molecule has 0 aliphatic heterocycles. The van der Waals surface area contributed by atoms with Gasteiger partial charge in [-0.25, -0.2) is 9.20 Å². The summed E-state index contributed by atoms with van der Waals surface area (Å²) in [5, 5.41) is 21.6. The molecule has 2 aromatic rings. The minimum atomic E-state index is -0.713. The zero-order chi connectivity index (χ0) is 19.3. The van der Waals surface area contributed by atoms with E-state index < -0.39 is 5.60 Å². The molecule has 2 N–H and O–H groups in total. The van der Waals surface area contributed by atoms with E-state index in [0.717, 1.165) is 18.5 Å². The van der Waals surface area contributed by atoms with Gasteiger partial charge in [0.05, 0.1) is 11.3 Å². The van der Waals surface area contributed by atoms with Gasteiger partial charge in [0.15, 0.2) is 5.82 Å². The zero-order valence-corrected chi connectivity index (χ0v) is 15.7. The van der Waals surface area contributed by atoms with Crippen molar-refractivity contribution >= 4 is 11.4 Å². The van der Waals surface area contributed by atoms with Gasteiger partial charge in [-0.15, -0.1) is 6.58 Å². The van der Waals surface area contributed by atoms with Crippen LogP contribution in [0.5, 0.6) is 0 Å². The van der Waals surface area contributed by atoms with Crippen LogP contribution in [-0.2, 0) is 11.3 Å². The lowest BCUT2D eigenvalue weighted by Gasteiger charge is -2.41. The first kappa shape index (κ1) is 17.9. The average molecular weight is 371 g/mol. The molecule has 8 heteroatoms. The summed E-state index contributed by atoms with van der Waals surface area (Å²) in [4.78, 5) is 25.2. The molecular formula is C19H25N5O3. The Bertz CT molecular complexity index is 962. The van der Waals surface area contributed by atoms with Gasteiger partial charge < -0.3 is 10.4 Å². The van der Waals surface area contributed by atoms with Gasteiger partial charge in [0.25, 0.3) is 5.56 Å². The molecule has 2 aromatic heterocycles. The van der Waals surface area contributed by atoms with Gasteiger partial charge in [0.2, 0.25) is 5.91 Å². The Morgan fingerprint density at radius 2 is 2.19 bits per heavy atom. The molecule has 4 rings (SSSR count). The van der Waals surface area contributed by atoms with Crippen LogP contribution in [0.4, 0.5) is 0 Å². The summed E-state index contributed by atoms with van der Waals surface area (Å²) in [6.07, 6.45) is 4.96. The van der Waals surface area contributed by atoms with Crippen LogP contribution >= 0.6 is 0 Å². The summed E-state index contributed by atoms with van der Waals surface area (Å²) < 4.78 is 2.80. The molecule has 1 atom stereocenters. The zero-order valence-electron chi connectivity index (χ0n) is 15.7. The van der Waals surface area contributed by atoms with E-state index in [1.165, 1.54) is 4.68 Å². The molecule has 0 aromatic carbocycles. The van der Waals surface area contributed by atoms with Crippen molar-refractivity contribution in [3.05, 3.63) is 40.6 Å². The summed E-state index contributed by atoms with van der Waals surface area (Å²) in [6, 6.07) is 1.76. The van der Waals surface area contributed by atoms with Crippen molar-refractivity contribution in [1.82, 2.24) is 24.7 Å². The Hall–Kier alpha value is -2.48. The Labute approximate surface area is 156 Å². The van der Waals surface area contributed by atoms with Crippen LogP contribution in [0.1, 0.15) is 62.9 Å². The lowest BCUT2D eigenvalue weighted by Crippen LogP contribution is -2.54. The van der Waals surface area contributed by atoms with Crippen LogP contribution in [0.25, 0.3) is 5.52 Å². The highest BCUT2D eigenvalue weighted by atomic mass is 16.3. The number of fused-ring (bicyclic) bond motifs is 1. The highest BCUT2D eigenvalue weighted by molar-refractivity contribution is 5.76. The maximum absolute atomic E-state index is 12.8. The second kappa shape index (κ2) is 6.30. The molecule has 144 valence electrons. The van der Waals surface area contributed by atoms with E-state index in [1.54, 1.807) is 17.5 Å². The fraction of sp³-hybridized carbons (Fsp3) is 0.579. The third-order valence-electron chi connectivity index (χ3n) is 5.41. The number of rotatable bonds is 6. The van der Waals surface area contributed by atoms with Crippen molar-refractivity contribution in [3.63, 3.8) is 0 Å². The van der Waals surface area contributed by atoms with Gasteiger partial charge in [-0.3, -0.25) is 9.59 Å². The number of nitrogens with one attached hydrogen (secondary N) is 1. The van der Waals surface area contributed by atoms with Crippen molar-refractivity contribution in [1.29, 1.82) is 0 Å². The van der Waals surface area contributed by atoms with Gasteiger partial charge in [-0.1, -0.05) is 13.0 Å². The molecule has 0 spiro atoms. The van der Waals surface area contributed by atoms with Crippen molar-refractivity contribution in [2.75, 3.05) is 0 Å². The maximum Gasteiger partial charge on any atom is 0.293 e. The largest absolute Gasteiger partial charge is 0.390 e. The van der Waals surface area contributed by atoms with Crippen LogP contribution in [0, 0.1) is 0 Å². The van der Waals surface area contributed by atoms with E-state index in [2.05, 4.69) is 22.1 Å². The van der Waals surface area contributed by atoms with Gasteiger partial charge in [0, 0.05) is 17.9 Å². The Morgan fingerprint density at radius 1 is 1.48 bits per heavy atom. The number of hydrogen-bond donors (Lipinski definition) is 2. The first-order valence-corrected chi connectivity index (χ1v) is 9.42. The Kier molecular flexibility index (Phi) is 4.18. The SMILES string of the molecule is C=CC(C)c1nn(CC(=O)NC2CC(C)(O)C2)c(=O)c2cc(C3CC3)nn12. The molecule has 2 aliphatic rings. The van der Waals surface area contributed by atoms with E-state index in [-0.39, 0.29) is 30.0 Å². The molecule has 2 saturated carbocycles. The van der Waals surface area contributed by atoms with Crippen molar-refractivity contribution in [2.45, 2.75) is 69.6 Å². The van der Waals surface area contributed by atoms with Crippen LogP contribution in [0.3, 0.4) is 0 Å². The van der Waals surface area contributed by atoms with Crippen LogP contribution in [-0.4, -0.2) is 42.1 Å². The highest BCUT2D eigenvalue weighted by Gasteiger charge is 2.39. The van der Waals surface area contributed by atoms with Crippen LogP contribution in [0.2, 0.25) is 0 Å². The molecule has 1 unspecified atom stereocenters. The minimum absolute atomic E-state index is 0.0602. The van der Waals surface area contributed by atoms with Gasteiger partial charge in [-0.2, -0.15) is 10.2 Å². The molecule has 27 heavy (non-hydrogen) atoms. The molecule has 0 saturated heterocycles. The van der Waals surface area contributed by atoms with Crippen molar-refractivity contribution < 1.29 is 9.90 Å². The van der Waals surface area contributed by atoms with E-state index in [9.17, 15) is 14.7 Å². The molecule has 2 fully saturated rings.